The molecule has 1 aromatic carbocycles. The molecule has 0 spiro atoms. The van der Waals surface area contributed by atoms with Gasteiger partial charge >= 0.3 is 0 Å². The Bertz CT molecular complexity index is 488. The Morgan fingerprint density at radius 1 is 1.40 bits per heavy atom. The number of nitrogens with zero attached hydrogens (tertiary/aromatic N) is 1. The second-order valence-electron chi connectivity index (χ2n) is 5.59. The Morgan fingerprint density at radius 2 is 2.20 bits per heavy atom. The average Bonchev–Trinajstić information content (AvgIpc) is 3.13. The Balaban J connectivity index is 1.86. The number of likely N-dealkylation sites (N-methyl/N-ethyl adjacent to an activating group) is 1. The molecule has 3 rings (SSSR count). The Hall–Kier alpha value is -1.46. The van der Waals surface area contributed by atoms with Gasteiger partial charge in [0.05, 0.1) is 7.11 Å². The topological polar surface area (TPSA) is 57.0 Å². The number of hydrogen-bond donors (Lipinski definition) is 1. The normalized spacial score (nSPS) is 18.4. The van der Waals surface area contributed by atoms with E-state index < -0.39 is 0 Å². The van der Waals surface area contributed by atoms with Crippen LogP contribution in [0.25, 0.3) is 0 Å². The first kappa shape index (κ1) is 13.5. The van der Waals surface area contributed by atoms with Gasteiger partial charge < -0.3 is 19.9 Å². The van der Waals surface area contributed by atoms with E-state index in [1.165, 1.54) is 12.8 Å². The first-order chi connectivity index (χ1) is 9.72. The van der Waals surface area contributed by atoms with Crippen molar-refractivity contribution in [1.82, 2.24) is 4.90 Å². The van der Waals surface area contributed by atoms with Crippen LogP contribution in [0.5, 0.6) is 17.2 Å². The van der Waals surface area contributed by atoms with Crippen LogP contribution in [0.3, 0.4) is 0 Å². The number of methoxy groups -OCH3 is 1. The minimum Gasteiger partial charge on any atom is -0.493 e. The average molecular weight is 278 g/mol. The van der Waals surface area contributed by atoms with Crippen LogP contribution in [0.4, 0.5) is 0 Å². The van der Waals surface area contributed by atoms with E-state index in [4.69, 9.17) is 19.9 Å². The van der Waals surface area contributed by atoms with E-state index in [-0.39, 0.29) is 12.8 Å². The Kier molecular flexibility index (Phi) is 3.72. The quantitative estimate of drug-likeness (QED) is 0.859. The number of nitrogens with two attached hydrogens (primary N) is 1. The van der Waals surface area contributed by atoms with Gasteiger partial charge in [0, 0.05) is 19.1 Å². The molecule has 1 fully saturated rings. The minimum atomic E-state index is 0.180. The molecule has 0 saturated heterocycles. The van der Waals surface area contributed by atoms with Gasteiger partial charge in [0.2, 0.25) is 12.5 Å². The second-order valence-corrected chi connectivity index (χ2v) is 5.59. The van der Waals surface area contributed by atoms with Crippen LogP contribution in [0.15, 0.2) is 12.1 Å². The predicted octanol–water partition coefficient (Wildman–Crippen LogP) is 1.77. The predicted molar refractivity (Wildman–Crippen MR) is 76.3 cm³/mol. The summed E-state index contributed by atoms with van der Waals surface area (Å²) in [6, 6.07) is 4.21. The summed E-state index contributed by atoms with van der Waals surface area (Å²) in [4.78, 5) is 2.33. The molecule has 1 aliphatic carbocycles. The van der Waals surface area contributed by atoms with Crippen molar-refractivity contribution in [3.05, 3.63) is 17.7 Å². The zero-order valence-electron chi connectivity index (χ0n) is 12.1. The fraction of sp³-hybridized carbons (Fsp3) is 0.600. The van der Waals surface area contributed by atoms with Crippen LogP contribution in [-0.2, 0) is 0 Å². The number of hydrogen-bond acceptors (Lipinski definition) is 5. The third-order valence-electron chi connectivity index (χ3n) is 4.06. The van der Waals surface area contributed by atoms with Crippen molar-refractivity contribution >= 4 is 0 Å². The molecule has 0 aromatic heterocycles. The molecule has 1 aliphatic heterocycles. The van der Waals surface area contributed by atoms with Gasteiger partial charge in [-0.25, -0.2) is 0 Å². The van der Waals surface area contributed by atoms with Gasteiger partial charge in [-0.05, 0) is 43.5 Å². The van der Waals surface area contributed by atoms with Gasteiger partial charge in [0.1, 0.15) is 0 Å². The zero-order chi connectivity index (χ0) is 14.1. The van der Waals surface area contributed by atoms with Crippen molar-refractivity contribution in [1.29, 1.82) is 0 Å². The van der Waals surface area contributed by atoms with E-state index >= 15 is 0 Å². The summed E-state index contributed by atoms with van der Waals surface area (Å²) in [5.41, 5.74) is 7.11. The lowest BCUT2D eigenvalue weighted by molar-refractivity contribution is 0.171. The molecule has 1 heterocycles. The molecular formula is C15H22N2O3. The van der Waals surface area contributed by atoms with Crippen LogP contribution in [-0.4, -0.2) is 38.9 Å². The molecule has 5 heteroatoms. The summed E-state index contributed by atoms with van der Waals surface area (Å²) in [6.45, 7) is 1.92. The first-order valence-corrected chi connectivity index (χ1v) is 7.10. The highest BCUT2D eigenvalue weighted by Gasteiger charge is 2.28. The van der Waals surface area contributed by atoms with Crippen molar-refractivity contribution < 1.29 is 14.2 Å². The molecule has 2 N–H and O–H groups in total. The molecule has 5 nitrogen and oxygen atoms in total. The maximum absolute atomic E-state index is 5.98. The lowest BCUT2D eigenvalue weighted by atomic mass is 10.0. The summed E-state index contributed by atoms with van der Waals surface area (Å²) in [7, 11) is 3.78. The second kappa shape index (κ2) is 5.50. The third kappa shape index (κ3) is 2.55. The number of fused-ring (bicyclic) bond motifs is 1. The molecule has 1 saturated carbocycles. The Morgan fingerprint density at radius 3 is 2.85 bits per heavy atom. The van der Waals surface area contributed by atoms with Crippen molar-refractivity contribution in [2.45, 2.75) is 18.9 Å². The highest BCUT2D eigenvalue weighted by molar-refractivity contribution is 5.55. The Labute approximate surface area is 119 Å². The van der Waals surface area contributed by atoms with E-state index in [0.717, 1.165) is 23.8 Å². The highest BCUT2D eigenvalue weighted by Crippen LogP contribution is 2.43. The standard InChI is InChI=1S/C15H22N2O3/c1-17(8-10-3-4-10)12(7-16)11-5-13(18-2)15-14(6-11)19-9-20-15/h5-6,10,12H,3-4,7-9,16H2,1-2H3. The summed E-state index contributed by atoms with van der Waals surface area (Å²) in [5.74, 6) is 2.99. The maximum Gasteiger partial charge on any atom is 0.231 e. The molecule has 1 aromatic rings. The van der Waals surface area contributed by atoms with Crippen LogP contribution >= 0.6 is 0 Å². The fourth-order valence-electron chi connectivity index (χ4n) is 2.75. The molecule has 1 atom stereocenters. The van der Waals surface area contributed by atoms with E-state index in [1.807, 2.05) is 12.1 Å². The summed E-state index contributed by atoms with van der Waals surface area (Å²) < 4.78 is 16.3. The van der Waals surface area contributed by atoms with Crippen molar-refractivity contribution in [3.63, 3.8) is 0 Å². The molecule has 1 unspecified atom stereocenters. The van der Waals surface area contributed by atoms with E-state index in [2.05, 4.69) is 11.9 Å². The highest BCUT2D eigenvalue weighted by atomic mass is 16.7. The molecular weight excluding hydrogens is 256 g/mol. The van der Waals surface area contributed by atoms with Crippen molar-refractivity contribution in [2.75, 3.05) is 34.0 Å². The smallest absolute Gasteiger partial charge is 0.231 e. The summed E-state index contributed by atoms with van der Waals surface area (Å²) in [5, 5.41) is 0. The fourth-order valence-corrected chi connectivity index (χ4v) is 2.75. The van der Waals surface area contributed by atoms with Crippen LogP contribution in [0, 0.1) is 5.92 Å². The van der Waals surface area contributed by atoms with E-state index in [9.17, 15) is 0 Å². The van der Waals surface area contributed by atoms with E-state index in [1.54, 1.807) is 7.11 Å². The van der Waals surface area contributed by atoms with E-state index in [0.29, 0.717) is 18.0 Å². The summed E-state index contributed by atoms with van der Waals surface area (Å²) >= 11 is 0. The van der Waals surface area contributed by atoms with Gasteiger partial charge in [-0.3, -0.25) is 4.90 Å². The van der Waals surface area contributed by atoms with Crippen molar-refractivity contribution in [2.24, 2.45) is 11.7 Å². The molecule has 110 valence electrons. The van der Waals surface area contributed by atoms with Crippen molar-refractivity contribution in [3.8, 4) is 17.2 Å². The molecule has 0 radical (unpaired) electrons. The number of rotatable bonds is 6. The van der Waals surface area contributed by atoms with Crippen LogP contribution in [0.1, 0.15) is 24.4 Å². The van der Waals surface area contributed by atoms with Gasteiger partial charge in [-0.1, -0.05) is 0 Å². The molecule has 0 bridgehead atoms. The van der Waals surface area contributed by atoms with Gasteiger partial charge in [-0.15, -0.1) is 0 Å². The van der Waals surface area contributed by atoms with Gasteiger partial charge in [0.15, 0.2) is 11.5 Å². The monoisotopic (exact) mass is 278 g/mol. The first-order valence-electron chi connectivity index (χ1n) is 7.10. The van der Waals surface area contributed by atoms with Crippen LogP contribution < -0.4 is 19.9 Å². The molecule has 2 aliphatic rings. The third-order valence-corrected chi connectivity index (χ3v) is 4.06. The lowest BCUT2D eigenvalue weighted by Gasteiger charge is -2.27. The number of ether oxygens (including phenoxy) is 3. The summed E-state index contributed by atoms with van der Waals surface area (Å²) in [6.07, 6.45) is 2.68. The maximum atomic E-state index is 5.98. The molecule has 20 heavy (non-hydrogen) atoms. The number of benzene rings is 1. The van der Waals surface area contributed by atoms with Gasteiger partial charge in [-0.2, -0.15) is 0 Å². The zero-order valence-corrected chi connectivity index (χ0v) is 12.1. The molecule has 0 amide bonds. The SMILES string of the molecule is COc1cc(C(CN)N(C)CC2CC2)cc2c1OCO2. The lowest BCUT2D eigenvalue weighted by Crippen LogP contribution is -2.32. The minimum absolute atomic E-state index is 0.180. The van der Waals surface area contributed by atoms with Crippen LogP contribution in [0.2, 0.25) is 0 Å². The largest absolute Gasteiger partial charge is 0.493 e. The van der Waals surface area contributed by atoms with Gasteiger partial charge in [0.25, 0.3) is 0 Å².